The molecule has 110 valence electrons. The smallest absolute Gasteiger partial charge is 0.228 e. The van der Waals surface area contributed by atoms with Gasteiger partial charge in [0.15, 0.2) is 0 Å². The first-order valence-electron chi connectivity index (χ1n) is 6.55. The van der Waals surface area contributed by atoms with Gasteiger partial charge >= 0.3 is 0 Å². The lowest BCUT2D eigenvalue weighted by atomic mass is 10.2. The number of hydrogen-bond donors (Lipinski definition) is 1. The summed E-state index contributed by atoms with van der Waals surface area (Å²) in [5.74, 6) is 0.686. The van der Waals surface area contributed by atoms with Crippen LogP contribution in [0.3, 0.4) is 0 Å². The second-order valence-corrected chi connectivity index (χ2v) is 5.70. The topological polar surface area (TPSA) is 64.1 Å². The van der Waals surface area contributed by atoms with Gasteiger partial charge in [0.05, 0.1) is 7.11 Å². The molecule has 0 saturated heterocycles. The summed E-state index contributed by atoms with van der Waals surface area (Å²) in [7, 11) is 1.64. The molecule has 21 heavy (non-hydrogen) atoms. The van der Waals surface area contributed by atoms with Crippen LogP contribution in [0.5, 0.6) is 5.75 Å². The van der Waals surface area contributed by atoms with Gasteiger partial charge in [-0.15, -0.1) is 10.2 Å². The number of nitrogens with one attached hydrogen (secondary N) is 1. The SMILES string of the molecule is COc1ccc(/C=C/c2nnc(NC(=O)C(C)C)s2)cc1. The highest BCUT2D eigenvalue weighted by molar-refractivity contribution is 7.16. The van der Waals surface area contributed by atoms with E-state index in [0.717, 1.165) is 16.3 Å². The molecule has 0 aliphatic heterocycles. The molecule has 1 amide bonds. The van der Waals surface area contributed by atoms with Crippen LogP contribution in [-0.2, 0) is 4.79 Å². The van der Waals surface area contributed by atoms with Crippen molar-refractivity contribution >= 4 is 34.5 Å². The summed E-state index contributed by atoms with van der Waals surface area (Å²) in [6.45, 7) is 3.67. The first kappa shape index (κ1) is 15.2. The summed E-state index contributed by atoms with van der Waals surface area (Å²) in [4.78, 5) is 11.6. The molecular formula is C15H17N3O2S. The second kappa shape index (κ2) is 6.99. The molecule has 1 aromatic carbocycles. The largest absolute Gasteiger partial charge is 0.497 e. The minimum Gasteiger partial charge on any atom is -0.497 e. The maximum Gasteiger partial charge on any atom is 0.228 e. The number of hydrogen-bond acceptors (Lipinski definition) is 5. The molecule has 0 fully saturated rings. The van der Waals surface area contributed by atoms with E-state index < -0.39 is 0 Å². The number of amides is 1. The fourth-order valence-corrected chi connectivity index (χ4v) is 2.13. The van der Waals surface area contributed by atoms with E-state index in [-0.39, 0.29) is 11.8 Å². The normalized spacial score (nSPS) is 11.0. The summed E-state index contributed by atoms with van der Waals surface area (Å²) in [6.07, 6.45) is 3.80. The third-order valence-corrected chi connectivity index (χ3v) is 3.53. The van der Waals surface area contributed by atoms with Gasteiger partial charge in [0, 0.05) is 5.92 Å². The molecule has 0 atom stereocenters. The highest BCUT2D eigenvalue weighted by Gasteiger charge is 2.09. The molecule has 0 saturated carbocycles. The van der Waals surface area contributed by atoms with Gasteiger partial charge in [0.2, 0.25) is 11.0 Å². The zero-order chi connectivity index (χ0) is 15.2. The molecule has 0 unspecified atom stereocenters. The van der Waals surface area contributed by atoms with Crippen LogP contribution < -0.4 is 10.1 Å². The fourth-order valence-electron chi connectivity index (χ4n) is 1.48. The molecule has 5 nitrogen and oxygen atoms in total. The van der Waals surface area contributed by atoms with Crippen molar-refractivity contribution in [2.75, 3.05) is 12.4 Å². The lowest BCUT2D eigenvalue weighted by Crippen LogP contribution is -2.17. The van der Waals surface area contributed by atoms with E-state index in [1.807, 2.05) is 50.3 Å². The molecule has 0 radical (unpaired) electrons. The summed E-state index contributed by atoms with van der Waals surface area (Å²) >= 11 is 1.34. The number of methoxy groups -OCH3 is 1. The Labute approximate surface area is 127 Å². The Morgan fingerprint density at radius 2 is 1.95 bits per heavy atom. The predicted molar refractivity (Wildman–Crippen MR) is 85.3 cm³/mol. The van der Waals surface area contributed by atoms with Gasteiger partial charge in [-0.1, -0.05) is 43.4 Å². The van der Waals surface area contributed by atoms with Crippen LogP contribution in [-0.4, -0.2) is 23.2 Å². The van der Waals surface area contributed by atoms with Crippen molar-refractivity contribution in [3.63, 3.8) is 0 Å². The molecule has 0 spiro atoms. The maximum absolute atomic E-state index is 11.6. The molecule has 0 aliphatic rings. The van der Waals surface area contributed by atoms with Crippen molar-refractivity contribution in [1.82, 2.24) is 10.2 Å². The van der Waals surface area contributed by atoms with Crippen LogP contribution in [0, 0.1) is 5.92 Å². The Balaban J connectivity index is 2.01. The molecule has 2 aromatic rings. The predicted octanol–water partition coefficient (Wildman–Crippen LogP) is 3.31. The van der Waals surface area contributed by atoms with E-state index in [1.165, 1.54) is 11.3 Å². The quantitative estimate of drug-likeness (QED) is 0.920. The van der Waals surface area contributed by atoms with Gasteiger partial charge in [-0.05, 0) is 23.8 Å². The third-order valence-electron chi connectivity index (χ3n) is 2.73. The van der Waals surface area contributed by atoms with Gasteiger partial charge < -0.3 is 10.1 Å². The average molecular weight is 303 g/mol. The van der Waals surface area contributed by atoms with Crippen molar-refractivity contribution in [2.45, 2.75) is 13.8 Å². The third kappa shape index (κ3) is 4.39. The number of rotatable bonds is 5. The molecule has 0 aliphatic carbocycles. The maximum atomic E-state index is 11.6. The van der Waals surface area contributed by atoms with E-state index >= 15 is 0 Å². The summed E-state index contributed by atoms with van der Waals surface area (Å²) < 4.78 is 5.11. The van der Waals surface area contributed by atoms with Crippen molar-refractivity contribution < 1.29 is 9.53 Å². The first-order valence-corrected chi connectivity index (χ1v) is 7.36. The van der Waals surface area contributed by atoms with E-state index in [0.29, 0.717) is 5.13 Å². The highest BCUT2D eigenvalue weighted by Crippen LogP contribution is 2.19. The number of ether oxygens (including phenoxy) is 1. The summed E-state index contributed by atoms with van der Waals surface area (Å²) in [5.41, 5.74) is 1.04. The van der Waals surface area contributed by atoms with E-state index in [2.05, 4.69) is 15.5 Å². The molecule has 1 heterocycles. The Kier molecular flexibility index (Phi) is 5.05. The van der Waals surface area contributed by atoms with Crippen LogP contribution in [0.1, 0.15) is 24.4 Å². The van der Waals surface area contributed by atoms with Gasteiger partial charge in [0.1, 0.15) is 10.8 Å². The van der Waals surface area contributed by atoms with Crippen LogP contribution in [0.15, 0.2) is 24.3 Å². The lowest BCUT2D eigenvalue weighted by molar-refractivity contribution is -0.118. The minimum absolute atomic E-state index is 0.0585. The van der Waals surface area contributed by atoms with E-state index in [1.54, 1.807) is 7.11 Å². The van der Waals surface area contributed by atoms with Crippen LogP contribution in [0.2, 0.25) is 0 Å². The molecule has 0 bridgehead atoms. The van der Waals surface area contributed by atoms with Gasteiger partial charge in [-0.25, -0.2) is 0 Å². The van der Waals surface area contributed by atoms with Crippen molar-refractivity contribution in [3.8, 4) is 5.75 Å². The van der Waals surface area contributed by atoms with Crippen molar-refractivity contribution in [3.05, 3.63) is 34.8 Å². The second-order valence-electron chi connectivity index (χ2n) is 4.70. The number of carbonyl (C=O) groups is 1. The van der Waals surface area contributed by atoms with Gasteiger partial charge in [-0.2, -0.15) is 0 Å². The Morgan fingerprint density at radius 1 is 1.24 bits per heavy atom. The molecule has 1 N–H and O–H groups in total. The monoisotopic (exact) mass is 303 g/mol. The minimum atomic E-state index is -0.0767. The van der Waals surface area contributed by atoms with Crippen LogP contribution >= 0.6 is 11.3 Å². The summed E-state index contributed by atoms with van der Waals surface area (Å²) in [5, 5.41) is 12.0. The highest BCUT2D eigenvalue weighted by atomic mass is 32.1. The summed E-state index contributed by atoms with van der Waals surface area (Å²) in [6, 6.07) is 7.71. The molecular weight excluding hydrogens is 286 g/mol. The van der Waals surface area contributed by atoms with E-state index in [4.69, 9.17) is 4.74 Å². The Morgan fingerprint density at radius 3 is 2.57 bits per heavy atom. The number of anilines is 1. The standard InChI is InChI=1S/C15H17N3O2S/c1-10(2)14(19)16-15-18-17-13(21-15)9-6-11-4-7-12(20-3)8-5-11/h4-10H,1-3H3,(H,16,18,19)/b9-6+. The number of benzene rings is 1. The molecule has 2 rings (SSSR count). The molecule has 6 heteroatoms. The molecule has 1 aromatic heterocycles. The number of carbonyl (C=O) groups excluding carboxylic acids is 1. The average Bonchev–Trinajstić information content (AvgIpc) is 2.93. The zero-order valence-electron chi connectivity index (χ0n) is 12.2. The van der Waals surface area contributed by atoms with E-state index in [9.17, 15) is 4.79 Å². The first-order chi connectivity index (χ1) is 10.1. The van der Waals surface area contributed by atoms with Gasteiger partial charge in [0.25, 0.3) is 0 Å². The Hall–Kier alpha value is -2.21. The number of aromatic nitrogens is 2. The van der Waals surface area contributed by atoms with Crippen LogP contribution in [0.25, 0.3) is 12.2 Å². The van der Waals surface area contributed by atoms with Crippen molar-refractivity contribution in [1.29, 1.82) is 0 Å². The van der Waals surface area contributed by atoms with Gasteiger partial charge in [-0.3, -0.25) is 4.79 Å². The van der Waals surface area contributed by atoms with Crippen molar-refractivity contribution in [2.24, 2.45) is 5.92 Å². The zero-order valence-corrected chi connectivity index (χ0v) is 13.0. The number of nitrogens with zero attached hydrogens (tertiary/aromatic N) is 2. The lowest BCUT2D eigenvalue weighted by Gasteiger charge is -2.02. The fraction of sp³-hybridized carbons (Fsp3) is 0.267. The Bertz CT molecular complexity index is 633. The van der Waals surface area contributed by atoms with Crippen LogP contribution in [0.4, 0.5) is 5.13 Å².